The highest BCUT2D eigenvalue weighted by Gasteiger charge is 2.42. The highest BCUT2D eigenvalue weighted by molar-refractivity contribution is 6.10. The number of anilines is 2. The third-order valence-corrected chi connectivity index (χ3v) is 4.49. The Morgan fingerprint density at radius 3 is 2.58 bits per heavy atom. The molecule has 0 unspecified atom stereocenters. The van der Waals surface area contributed by atoms with E-state index < -0.39 is 5.41 Å². The lowest BCUT2D eigenvalue weighted by Crippen LogP contribution is -2.33. The van der Waals surface area contributed by atoms with Crippen LogP contribution >= 0.6 is 0 Å². The van der Waals surface area contributed by atoms with E-state index in [0.29, 0.717) is 17.0 Å². The summed E-state index contributed by atoms with van der Waals surface area (Å²) in [6.07, 6.45) is 0. The lowest BCUT2D eigenvalue weighted by atomic mass is 9.85. The van der Waals surface area contributed by atoms with Crippen molar-refractivity contribution in [3.05, 3.63) is 53.6 Å². The number of carbonyl (C=O) groups is 2. The van der Waals surface area contributed by atoms with Gasteiger partial charge in [-0.3, -0.25) is 9.59 Å². The minimum atomic E-state index is -0.634. The number of methoxy groups -OCH3 is 1. The van der Waals surface area contributed by atoms with Crippen LogP contribution < -0.4 is 15.0 Å². The molecule has 0 saturated heterocycles. The van der Waals surface area contributed by atoms with Gasteiger partial charge >= 0.3 is 0 Å². The average molecular weight is 324 g/mol. The number of ether oxygens (including phenoxy) is 1. The van der Waals surface area contributed by atoms with Gasteiger partial charge in [0.2, 0.25) is 5.91 Å². The maximum absolute atomic E-state index is 12.6. The third kappa shape index (κ3) is 2.42. The first kappa shape index (κ1) is 16.1. The Morgan fingerprint density at radius 1 is 1.17 bits per heavy atom. The molecule has 5 nitrogen and oxygen atoms in total. The van der Waals surface area contributed by atoms with Crippen LogP contribution in [0.5, 0.6) is 5.75 Å². The minimum Gasteiger partial charge on any atom is -0.495 e. The molecule has 3 rings (SSSR count). The number of benzene rings is 2. The van der Waals surface area contributed by atoms with Crippen LogP contribution in [0, 0.1) is 0 Å². The molecule has 2 aromatic rings. The van der Waals surface area contributed by atoms with E-state index >= 15 is 0 Å². The van der Waals surface area contributed by atoms with E-state index in [2.05, 4.69) is 5.32 Å². The van der Waals surface area contributed by atoms with Crippen molar-refractivity contribution in [1.29, 1.82) is 0 Å². The SMILES string of the molecule is COc1ccccc1NC(=O)c1ccc2c(c1)C(C)(C)C(=O)N2C. The zero-order valence-corrected chi connectivity index (χ0v) is 14.2. The van der Waals surface area contributed by atoms with Crippen LogP contribution in [0.4, 0.5) is 11.4 Å². The molecule has 2 amide bonds. The number of amides is 2. The van der Waals surface area contributed by atoms with Gasteiger partial charge in [0.15, 0.2) is 0 Å². The predicted octanol–water partition coefficient (Wildman–Crippen LogP) is 3.20. The van der Waals surface area contributed by atoms with E-state index in [1.807, 2.05) is 32.0 Å². The quantitative estimate of drug-likeness (QED) is 0.943. The fourth-order valence-corrected chi connectivity index (χ4v) is 3.06. The lowest BCUT2D eigenvalue weighted by Gasteiger charge is -2.16. The van der Waals surface area contributed by atoms with Crippen molar-refractivity contribution in [3.8, 4) is 5.75 Å². The molecular formula is C19H20N2O3. The molecule has 124 valence electrons. The summed E-state index contributed by atoms with van der Waals surface area (Å²) < 4.78 is 5.25. The minimum absolute atomic E-state index is 0.0276. The van der Waals surface area contributed by atoms with Crippen LogP contribution in [0.25, 0.3) is 0 Å². The number of fused-ring (bicyclic) bond motifs is 1. The van der Waals surface area contributed by atoms with Crippen LogP contribution in [-0.2, 0) is 10.2 Å². The van der Waals surface area contributed by atoms with Gasteiger partial charge in [-0.2, -0.15) is 0 Å². The van der Waals surface area contributed by atoms with Gasteiger partial charge in [0.1, 0.15) is 5.75 Å². The standard InChI is InChI=1S/C19H20N2O3/c1-19(2)13-11-12(9-10-15(13)21(3)18(19)23)17(22)20-14-7-5-6-8-16(14)24-4/h5-11H,1-4H3,(H,20,22). The summed E-state index contributed by atoms with van der Waals surface area (Å²) in [5.74, 6) is 0.391. The van der Waals surface area contributed by atoms with Gasteiger partial charge in [0.05, 0.1) is 18.2 Å². The zero-order chi connectivity index (χ0) is 17.5. The third-order valence-electron chi connectivity index (χ3n) is 4.49. The van der Waals surface area contributed by atoms with Gasteiger partial charge in [-0.1, -0.05) is 12.1 Å². The zero-order valence-electron chi connectivity index (χ0n) is 14.2. The summed E-state index contributed by atoms with van der Waals surface area (Å²) in [6.45, 7) is 3.75. The smallest absolute Gasteiger partial charge is 0.255 e. The summed E-state index contributed by atoms with van der Waals surface area (Å²) in [5.41, 5.74) is 2.19. The fourth-order valence-electron chi connectivity index (χ4n) is 3.06. The van der Waals surface area contributed by atoms with E-state index in [1.54, 1.807) is 43.3 Å². The highest BCUT2D eigenvalue weighted by Crippen LogP contribution is 2.41. The monoisotopic (exact) mass is 324 g/mol. The highest BCUT2D eigenvalue weighted by atomic mass is 16.5. The Kier molecular flexibility index (Phi) is 3.79. The molecule has 0 saturated carbocycles. The fraction of sp³-hybridized carbons (Fsp3) is 0.263. The van der Waals surface area contributed by atoms with Crippen molar-refractivity contribution >= 4 is 23.2 Å². The van der Waals surface area contributed by atoms with Crippen molar-refractivity contribution in [2.75, 3.05) is 24.4 Å². The number of nitrogens with zero attached hydrogens (tertiary/aromatic N) is 1. The number of hydrogen-bond acceptors (Lipinski definition) is 3. The van der Waals surface area contributed by atoms with Crippen LogP contribution in [0.1, 0.15) is 29.8 Å². The summed E-state index contributed by atoms with van der Waals surface area (Å²) in [5, 5.41) is 2.86. The first-order valence-electron chi connectivity index (χ1n) is 7.73. The van der Waals surface area contributed by atoms with Gasteiger partial charge in [-0.05, 0) is 49.7 Å². The van der Waals surface area contributed by atoms with E-state index in [-0.39, 0.29) is 11.8 Å². The molecule has 0 atom stereocenters. The van der Waals surface area contributed by atoms with E-state index in [0.717, 1.165) is 11.3 Å². The Morgan fingerprint density at radius 2 is 1.88 bits per heavy atom. The Balaban J connectivity index is 1.93. The van der Waals surface area contributed by atoms with Crippen LogP contribution in [-0.4, -0.2) is 26.0 Å². The average Bonchev–Trinajstić information content (AvgIpc) is 2.76. The van der Waals surface area contributed by atoms with Crippen LogP contribution in [0.3, 0.4) is 0 Å². The largest absolute Gasteiger partial charge is 0.495 e. The molecule has 1 N–H and O–H groups in total. The molecule has 24 heavy (non-hydrogen) atoms. The molecule has 1 aliphatic heterocycles. The lowest BCUT2D eigenvalue weighted by molar-refractivity contribution is -0.121. The molecule has 1 aliphatic rings. The summed E-state index contributed by atoms with van der Waals surface area (Å²) >= 11 is 0. The van der Waals surface area contributed by atoms with Gasteiger partial charge in [0, 0.05) is 18.3 Å². The van der Waals surface area contributed by atoms with Crippen molar-refractivity contribution in [2.24, 2.45) is 0 Å². The predicted molar refractivity (Wildman–Crippen MR) is 93.8 cm³/mol. The normalized spacial score (nSPS) is 15.2. The second-order valence-corrected chi connectivity index (χ2v) is 6.38. The molecule has 1 heterocycles. The topological polar surface area (TPSA) is 58.6 Å². The molecule has 0 fully saturated rings. The maximum Gasteiger partial charge on any atom is 0.255 e. The Labute approximate surface area is 141 Å². The molecule has 5 heteroatoms. The number of carbonyl (C=O) groups excluding carboxylic acids is 2. The van der Waals surface area contributed by atoms with E-state index in [9.17, 15) is 9.59 Å². The number of nitrogens with one attached hydrogen (secondary N) is 1. The second kappa shape index (κ2) is 5.67. The van der Waals surface area contributed by atoms with Gasteiger partial charge in [-0.15, -0.1) is 0 Å². The van der Waals surface area contributed by atoms with Crippen molar-refractivity contribution < 1.29 is 14.3 Å². The summed E-state index contributed by atoms with van der Waals surface area (Å²) in [7, 11) is 3.31. The Hall–Kier alpha value is -2.82. The van der Waals surface area contributed by atoms with Gasteiger partial charge in [-0.25, -0.2) is 0 Å². The molecule has 0 radical (unpaired) electrons. The molecular weight excluding hydrogens is 304 g/mol. The second-order valence-electron chi connectivity index (χ2n) is 6.38. The van der Waals surface area contributed by atoms with Crippen molar-refractivity contribution in [1.82, 2.24) is 0 Å². The van der Waals surface area contributed by atoms with E-state index in [1.165, 1.54) is 0 Å². The molecule has 0 aromatic heterocycles. The molecule has 0 bridgehead atoms. The summed E-state index contributed by atoms with van der Waals surface area (Å²) in [6, 6.07) is 12.6. The van der Waals surface area contributed by atoms with Crippen molar-refractivity contribution in [2.45, 2.75) is 19.3 Å². The summed E-state index contributed by atoms with van der Waals surface area (Å²) in [4.78, 5) is 26.6. The van der Waals surface area contributed by atoms with E-state index in [4.69, 9.17) is 4.74 Å². The first-order chi connectivity index (χ1) is 11.4. The molecule has 0 aliphatic carbocycles. The van der Waals surface area contributed by atoms with Gasteiger partial charge < -0.3 is 15.0 Å². The van der Waals surface area contributed by atoms with Crippen molar-refractivity contribution in [3.63, 3.8) is 0 Å². The number of likely N-dealkylation sites (N-methyl/N-ethyl adjacent to an activating group) is 1. The molecule has 2 aromatic carbocycles. The number of rotatable bonds is 3. The molecule has 0 spiro atoms. The van der Waals surface area contributed by atoms with Crippen LogP contribution in [0.15, 0.2) is 42.5 Å². The van der Waals surface area contributed by atoms with Crippen LogP contribution in [0.2, 0.25) is 0 Å². The Bertz CT molecular complexity index is 827. The number of para-hydroxylation sites is 2. The first-order valence-corrected chi connectivity index (χ1v) is 7.73. The van der Waals surface area contributed by atoms with Gasteiger partial charge in [0.25, 0.3) is 5.91 Å². The maximum atomic E-state index is 12.6. The number of hydrogen-bond donors (Lipinski definition) is 1.